The molecule has 0 aliphatic carbocycles. The van der Waals surface area contributed by atoms with Crippen molar-refractivity contribution < 1.29 is 0 Å². The van der Waals surface area contributed by atoms with Gasteiger partial charge in [0.2, 0.25) is 10.7 Å². The van der Waals surface area contributed by atoms with Gasteiger partial charge < -0.3 is 4.90 Å². The second-order valence-corrected chi connectivity index (χ2v) is 7.80. The van der Waals surface area contributed by atoms with Gasteiger partial charge in [-0.1, -0.05) is 48.5 Å². The maximum Gasteiger partial charge on any atom is 0.225 e. The molecule has 7 nitrogen and oxygen atoms in total. The molecule has 2 aromatic carbocycles. The van der Waals surface area contributed by atoms with Crippen LogP contribution in [0.5, 0.6) is 0 Å². The summed E-state index contributed by atoms with van der Waals surface area (Å²) in [4.78, 5) is 13.3. The van der Waals surface area contributed by atoms with Crippen LogP contribution in [0.15, 0.2) is 79.1 Å². The first-order valence-electron chi connectivity index (χ1n) is 10.3. The summed E-state index contributed by atoms with van der Waals surface area (Å²) < 4.78 is 4.68. The highest BCUT2D eigenvalue weighted by molar-refractivity contribution is 7.71. The first-order valence-corrected chi connectivity index (χ1v) is 10.8. The van der Waals surface area contributed by atoms with Gasteiger partial charge in [-0.2, -0.15) is 0 Å². The number of rotatable bonds is 5. The highest BCUT2D eigenvalue weighted by atomic mass is 32.1. The Morgan fingerprint density at radius 1 is 0.774 bits per heavy atom. The summed E-state index contributed by atoms with van der Waals surface area (Å²) in [6, 6.07) is 22.2. The predicted octanol–water partition coefficient (Wildman–Crippen LogP) is 3.64. The minimum Gasteiger partial charge on any atom is -0.338 e. The van der Waals surface area contributed by atoms with Gasteiger partial charge in [0.05, 0.1) is 6.67 Å². The van der Waals surface area contributed by atoms with Crippen molar-refractivity contribution in [2.75, 3.05) is 31.1 Å². The standard InChI is InChI=1S/C23H23N7S/c31-23-29(18-27-14-16-28(17-15-27)22-24-12-7-13-25-22)26-21(19-8-3-1-4-9-19)30(23)20-10-5-2-6-11-20/h1-13H,14-18H2. The largest absolute Gasteiger partial charge is 0.338 e. The van der Waals surface area contributed by atoms with Crippen LogP contribution in [0, 0.1) is 4.77 Å². The second-order valence-electron chi connectivity index (χ2n) is 7.44. The zero-order valence-corrected chi connectivity index (χ0v) is 17.9. The highest BCUT2D eigenvalue weighted by Gasteiger charge is 2.21. The summed E-state index contributed by atoms with van der Waals surface area (Å²) in [5.74, 6) is 1.65. The van der Waals surface area contributed by atoms with Crippen molar-refractivity contribution in [2.24, 2.45) is 0 Å². The minimum atomic E-state index is 0.655. The zero-order valence-electron chi connectivity index (χ0n) is 17.1. The van der Waals surface area contributed by atoms with Gasteiger partial charge in [0.25, 0.3) is 0 Å². The number of aromatic nitrogens is 5. The maximum atomic E-state index is 5.87. The Bertz CT molecular complexity index is 1180. The molecule has 5 rings (SSSR count). The molecule has 31 heavy (non-hydrogen) atoms. The number of hydrogen-bond donors (Lipinski definition) is 0. The van der Waals surface area contributed by atoms with Crippen LogP contribution in [0.3, 0.4) is 0 Å². The number of benzene rings is 2. The van der Waals surface area contributed by atoms with Gasteiger partial charge in [-0.25, -0.2) is 14.6 Å². The lowest BCUT2D eigenvalue weighted by atomic mass is 10.2. The van der Waals surface area contributed by atoms with Crippen LogP contribution in [0.2, 0.25) is 0 Å². The summed E-state index contributed by atoms with van der Waals surface area (Å²) in [5, 5.41) is 4.92. The van der Waals surface area contributed by atoms with E-state index in [4.69, 9.17) is 17.3 Å². The molecule has 0 N–H and O–H groups in total. The average molecular weight is 430 g/mol. The number of para-hydroxylation sites is 1. The molecule has 0 spiro atoms. The number of nitrogens with zero attached hydrogens (tertiary/aromatic N) is 7. The van der Waals surface area contributed by atoms with Crippen molar-refractivity contribution in [3.05, 3.63) is 83.9 Å². The lowest BCUT2D eigenvalue weighted by Gasteiger charge is -2.34. The Morgan fingerprint density at radius 2 is 1.42 bits per heavy atom. The van der Waals surface area contributed by atoms with E-state index in [1.807, 2.05) is 47.1 Å². The van der Waals surface area contributed by atoms with E-state index in [-0.39, 0.29) is 0 Å². The monoisotopic (exact) mass is 429 g/mol. The van der Waals surface area contributed by atoms with E-state index < -0.39 is 0 Å². The Kier molecular flexibility index (Phi) is 5.56. The fraction of sp³-hybridized carbons (Fsp3) is 0.217. The van der Waals surface area contributed by atoms with E-state index in [1.165, 1.54) is 0 Å². The maximum absolute atomic E-state index is 5.87. The summed E-state index contributed by atoms with van der Waals surface area (Å²) in [6.45, 7) is 4.21. The van der Waals surface area contributed by atoms with E-state index in [9.17, 15) is 0 Å². The van der Waals surface area contributed by atoms with Gasteiger partial charge in [0.15, 0.2) is 5.82 Å². The first kappa shape index (κ1) is 19.6. The van der Waals surface area contributed by atoms with Gasteiger partial charge in [-0.3, -0.25) is 9.47 Å². The van der Waals surface area contributed by atoms with Crippen LogP contribution in [0.1, 0.15) is 0 Å². The van der Waals surface area contributed by atoms with Crippen LogP contribution in [-0.2, 0) is 6.67 Å². The molecule has 4 aromatic rings. The Hall–Kier alpha value is -3.36. The van der Waals surface area contributed by atoms with Crippen LogP contribution in [0.4, 0.5) is 5.95 Å². The third-order valence-corrected chi connectivity index (χ3v) is 5.82. The van der Waals surface area contributed by atoms with Gasteiger partial charge >= 0.3 is 0 Å². The molecule has 8 heteroatoms. The summed E-state index contributed by atoms with van der Waals surface area (Å²) in [5.41, 5.74) is 2.06. The molecule has 0 unspecified atom stereocenters. The van der Waals surface area contributed by atoms with Gasteiger partial charge in [0.1, 0.15) is 0 Å². The highest BCUT2D eigenvalue weighted by Crippen LogP contribution is 2.23. The molecule has 0 bridgehead atoms. The van der Waals surface area contributed by atoms with Crippen LogP contribution in [0.25, 0.3) is 17.1 Å². The fourth-order valence-electron chi connectivity index (χ4n) is 3.82. The summed E-state index contributed by atoms with van der Waals surface area (Å²) in [7, 11) is 0. The van der Waals surface area contributed by atoms with Crippen molar-refractivity contribution in [3.8, 4) is 17.1 Å². The van der Waals surface area contributed by atoms with Crippen LogP contribution in [-0.4, -0.2) is 55.4 Å². The molecule has 0 atom stereocenters. The molecule has 2 aromatic heterocycles. The molecular formula is C23H23N7S. The molecule has 0 amide bonds. The third kappa shape index (κ3) is 4.12. The molecule has 156 valence electrons. The number of piperazine rings is 1. The molecule has 1 saturated heterocycles. The molecule has 1 aliphatic heterocycles. The van der Waals surface area contributed by atoms with Crippen LogP contribution < -0.4 is 4.90 Å². The van der Waals surface area contributed by atoms with Gasteiger partial charge in [-0.05, 0) is 30.4 Å². The van der Waals surface area contributed by atoms with E-state index in [0.29, 0.717) is 11.4 Å². The molecular weight excluding hydrogens is 406 g/mol. The smallest absolute Gasteiger partial charge is 0.225 e. The quantitative estimate of drug-likeness (QED) is 0.452. The minimum absolute atomic E-state index is 0.655. The van der Waals surface area contributed by atoms with E-state index >= 15 is 0 Å². The molecule has 0 radical (unpaired) electrons. The average Bonchev–Trinajstić information content (AvgIpc) is 3.17. The molecule has 0 saturated carbocycles. The van der Waals surface area contributed by atoms with Crippen LogP contribution >= 0.6 is 12.2 Å². The second kappa shape index (κ2) is 8.79. The molecule has 3 heterocycles. The van der Waals surface area contributed by atoms with Crippen molar-refractivity contribution >= 4 is 18.2 Å². The summed E-state index contributed by atoms with van der Waals surface area (Å²) >= 11 is 5.87. The van der Waals surface area contributed by atoms with E-state index in [0.717, 1.165) is 49.2 Å². The zero-order chi connectivity index (χ0) is 21.0. The summed E-state index contributed by atoms with van der Waals surface area (Å²) in [6.07, 6.45) is 3.57. The normalized spacial score (nSPS) is 14.6. The van der Waals surface area contributed by atoms with E-state index in [2.05, 4.69) is 48.6 Å². The van der Waals surface area contributed by atoms with Gasteiger partial charge in [-0.15, -0.1) is 5.10 Å². The van der Waals surface area contributed by atoms with Crippen molar-refractivity contribution in [2.45, 2.75) is 6.67 Å². The Balaban J connectivity index is 1.40. The topological polar surface area (TPSA) is 55.0 Å². The predicted molar refractivity (Wildman–Crippen MR) is 124 cm³/mol. The molecule has 1 aliphatic rings. The van der Waals surface area contributed by atoms with Crippen molar-refractivity contribution in [1.82, 2.24) is 29.2 Å². The van der Waals surface area contributed by atoms with Gasteiger partial charge in [0, 0.05) is 49.8 Å². The molecule has 1 fully saturated rings. The third-order valence-electron chi connectivity index (χ3n) is 5.43. The number of hydrogen-bond acceptors (Lipinski definition) is 6. The van der Waals surface area contributed by atoms with E-state index in [1.54, 1.807) is 12.4 Å². The van der Waals surface area contributed by atoms with Crippen molar-refractivity contribution in [3.63, 3.8) is 0 Å². The van der Waals surface area contributed by atoms with Crippen molar-refractivity contribution in [1.29, 1.82) is 0 Å². The lowest BCUT2D eigenvalue weighted by molar-refractivity contribution is 0.193. The SMILES string of the molecule is S=c1n(CN2CCN(c3ncccn3)CC2)nc(-c2ccccc2)n1-c1ccccc1. The Labute approximate surface area is 186 Å². The Morgan fingerprint density at radius 3 is 2.10 bits per heavy atom. The first-order chi connectivity index (χ1) is 15.3. The lowest BCUT2D eigenvalue weighted by Crippen LogP contribution is -2.47. The fourth-order valence-corrected chi connectivity index (χ4v) is 4.11. The number of anilines is 1.